The minimum atomic E-state index is -0.189. The fourth-order valence-electron chi connectivity index (χ4n) is 2.17. The number of aromatic nitrogens is 1. The van der Waals surface area contributed by atoms with Gasteiger partial charge in [0.15, 0.2) is 5.96 Å². The summed E-state index contributed by atoms with van der Waals surface area (Å²) in [6.07, 6.45) is 0.579. The molecule has 1 heterocycles. The Morgan fingerprint density at radius 2 is 2.00 bits per heavy atom. The summed E-state index contributed by atoms with van der Waals surface area (Å²) in [5.41, 5.74) is 1.62. The molecule has 0 fully saturated rings. The van der Waals surface area contributed by atoms with Crippen LogP contribution in [0.4, 0.5) is 4.39 Å². The third-order valence-corrected chi connectivity index (χ3v) is 4.36. The van der Waals surface area contributed by atoms with Gasteiger partial charge >= 0.3 is 0 Å². The Morgan fingerprint density at radius 1 is 1.26 bits per heavy atom. The molecule has 0 aliphatic carbocycles. The molecule has 0 radical (unpaired) electrons. The van der Waals surface area contributed by atoms with Crippen molar-refractivity contribution in [3.63, 3.8) is 0 Å². The second kappa shape index (κ2) is 8.22. The van der Waals surface area contributed by atoms with E-state index in [1.165, 1.54) is 6.07 Å². The first-order chi connectivity index (χ1) is 11.0. The Labute approximate surface area is 145 Å². The standard InChI is InChI=1S/C16H19Cl2FN4/c1-20-16(21-8-7-11-5-3-4-6-14(11)19)22-10-12-9-13(17)15(18)23(12)2/h3-6,9H,7-8,10H2,1-2H3,(H2,20,21,22). The maximum atomic E-state index is 13.5. The number of halogens is 3. The number of aliphatic imine (C=N–C) groups is 1. The number of nitrogens with one attached hydrogen (secondary N) is 2. The van der Waals surface area contributed by atoms with Gasteiger partial charge in [0.2, 0.25) is 0 Å². The molecule has 0 saturated heterocycles. The minimum Gasteiger partial charge on any atom is -0.356 e. The van der Waals surface area contributed by atoms with Gasteiger partial charge in [-0.25, -0.2) is 4.39 Å². The van der Waals surface area contributed by atoms with Crippen LogP contribution >= 0.6 is 23.2 Å². The van der Waals surface area contributed by atoms with E-state index in [0.29, 0.717) is 41.2 Å². The second-order valence-electron chi connectivity index (χ2n) is 5.03. The number of rotatable bonds is 5. The third-order valence-electron chi connectivity index (χ3n) is 3.52. The molecule has 2 rings (SSSR count). The molecule has 0 bridgehead atoms. The van der Waals surface area contributed by atoms with Crippen molar-refractivity contribution in [2.24, 2.45) is 12.0 Å². The largest absolute Gasteiger partial charge is 0.356 e. The monoisotopic (exact) mass is 356 g/mol. The van der Waals surface area contributed by atoms with Gasteiger partial charge in [0.05, 0.1) is 11.6 Å². The molecule has 2 aromatic rings. The molecule has 0 aliphatic rings. The van der Waals surface area contributed by atoms with Gasteiger partial charge in [0, 0.05) is 26.3 Å². The number of nitrogens with zero attached hydrogens (tertiary/aromatic N) is 2. The van der Waals surface area contributed by atoms with Gasteiger partial charge in [-0.2, -0.15) is 0 Å². The lowest BCUT2D eigenvalue weighted by molar-refractivity contribution is 0.606. The van der Waals surface area contributed by atoms with Crippen LogP contribution < -0.4 is 10.6 Å². The van der Waals surface area contributed by atoms with Crippen LogP contribution in [0.5, 0.6) is 0 Å². The van der Waals surface area contributed by atoms with Gasteiger partial charge in [-0.3, -0.25) is 4.99 Å². The van der Waals surface area contributed by atoms with Crippen molar-refractivity contribution in [3.8, 4) is 0 Å². The summed E-state index contributed by atoms with van der Waals surface area (Å²) in [6, 6.07) is 8.56. The molecule has 2 N–H and O–H groups in total. The van der Waals surface area contributed by atoms with Crippen molar-refractivity contribution in [1.29, 1.82) is 0 Å². The maximum absolute atomic E-state index is 13.5. The summed E-state index contributed by atoms with van der Waals surface area (Å²) in [5, 5.41) is 7.36. The highest BCUT2D eigenvalue weighted by atomic mass is 35.5. The van der Waals surface area contributed by atoms with E-state index >= 15 is 0 Å². The van der Waals surface area contributed by atoms with Crippen LogP contribution in [0.3, 0.4) is 0 Å². The van der Waals surface area contributed by atoms with Gasteiger partial charge in [0.25, 0.3) is 0 Å². The number of hydrogen-bond donors (Lipinski definition) is 2. The SMILES string of the molecule is CN=C(NCCc1ccccc1F)NCc1cc(Cl)c(Cl)n1C. The molecule has 7 heteroatoms. The van der Waals surface area contributed by atoms with Gasteiger partial charge < -0.3 is 15.2 Å². The maximum Gasteiger partial charge on any atom is 0.191 e. The Balaban J connectivity index is 1.84. The first-order valence-corrected chi connectivity index (χ1v) is 7.96. The van der Waals surface area contributed by atoms with Crippen molar-refractivity contribution < 1.29 is 4.39 Å². The molecule has 124 valence electrons. The molecule has 4 nitrogen and oxygen atoms in total. The highest BCUT2D eigenvalue weighted by Gasteiger charge is 2.09. The van der Waals surface area contributed by atoms with E-state index in [1.807, 2.05) is 23.7 Å². The Morgan fingerprint density at radius 3 is 2.61 bits per heavy atom. The van der Waals surface area contributed by atoms with Gasteiger partial charge in [-0.1, -0.05) is 41.4 Å². The average molecular weight is 357 g/mol. The minimum absolute atomic E-state index is 0.189. The molecule has 0 unspecified atom stereocenters. The fraction of sp³-hybridized carbons (Fsp3) is 0.312. The zero-order chi connectivity index (χ0) is 16.8. The predicted octanol–water partition coefficient (Wildman–Crippen LogP) is 3.38. The fourth-order valence-corrected chi connectivity index (χ4v) is 2.59. The van der Waals surface area contributed by atoms with Crippen molar-refractivity contribution in [1.82, 2.24) is 15.2 Å². The summed E-state index contributed by atoms with van der Waals surface area (Å²) < 4.78 is 15.4. The predicted molar refractivity (Wildman–Crippen MR) is 93.7 cm³/mol. The summed E-state index contributed by atoms with van der Waals surface area (Å²) in [4.78, 5) is 4.14. The van der Waals surface area contributed by atoms with E-state index in [-0.39, 0.29) is 5.82 Å². The van der Waals surface area contributed by atoms with Crippen molar-refractivity contribution in [2.75, 3.05) is 13.6 Å². The van der Waals surface area contributed by atoms with Crippen LogP contribution in [0.15, 0.2) is 35.3 Å². The zero-order valence-corrected chi connectivity index (χ0v) is 14.5. The first kappa shape index (κ1) is 17.6. The summed E-state index contributed by atoms with van der Waals surface area (Å²) in [5.74, 6) is 0.445. The Bertz CT molecular complexity index is 697. The molecule has 0 spiro atoms. The quantitative estimate of drug-likeness (QED) is 0.636. The lowest BCUT2D eigenvalue weighted by atomic mass is 10.1. The van der Waals surface area contributed by atoms with Crippen LogP contribution in [0.25, 0.3) is 0 Å². The van der Waals surface area contributed by atoms with Crippen LogP contribution in [0.1, 0.15) is 11.3 Å². The van der Waals surface area contributed by atoms with Gasteiger partial charge in [-0.15, -0.1) is 0 Å². The number of guanidine groups is 1. The lowest BCUT2D eigenvalue weighted by Crippen LogP contribution is -2.38. The van der Waals surface area contributed by atoms with Crippen molar-refractivity contribution in [3.05, 3.63) is 57.6 Å². The van der Waals surface area contributed by atoms with Crippen LogP contribution in [-0.2, 0) is 20.0 Å². The van der Waals surface area contributed by atoms with E-state index < -0.39 is 0 Å². The topological polar surface area (TPSA) is 41.4 Å². The van der Waals surface area contributed by atoms with Crippen LogP contribution in [0.2, 0.25) is 10.2 Å². The van der Waals surface area contributed by atoms with Crippen LogP contribution in [-0.4, -0.2) is 24.1 Å². The smallest absolute Gasteiger partial charge is 0.191 e. The van der Waals surface area contributed by atoms with Crippen molar-refractivity contribution in [2.45, 2.75) is 13.0 Å². The molecule has 0 atom stereocenters. The summed E-state index contributed by atoms with van der Waals surface area (Å²) in [7, 11) is 3.53. The van der Waals surface area contributed by atoms with E-state index in [4.69, 9.17) is 23.2 Å². The molecule has 0 saturated carbocycles. The summed E-state index contributed by atoms with van der Waals surface area (Å²) in [6.45, 7) is 1.11. The third kappa shape index (κ3) is 4.62. The van der Waals surface area contributed by atoms with Crippen LogP contribution in [0, 0.1) is 5.82 Å². The molecule has 23 heavy (non-hydrogen) atoms. The second-order valence-corrected chi connectivity index (χ2v) is 5.79. The lowest BCUT2D eigenvalue weighted by Gasteiger charge is -2.12. The number of benzene rings is 1. The van der Waals surface area contributed by atoms with E-state index in [2.05, 4.69) is 15.6 Å². The average Bonchev–Trinajstić information content (AvgIpc) is 2.79. The van der Waals surface area contributed by atoms with Gasteiger partial charge in [-0.05, 0) is 24.1 Å². The highest BCUT2D eigenvalue weighted by Crippen LogP contribution is 2.24. The molecule has 0 aliphatic heterocycles. The van der Waals surface area contributed by atoms with Crippen molar-refractivity contribution >= 4 is 29.2 Å². The summed E-state index contributed by atoms with van der Waals surface area (Å²) >= 11 is 12.0. The molecule has 1 aromatic carbocycles. The zero-order valence-electron chi connectivity index (χ0n) is 13.0. The van der Waals surface area contributed by atoms with E-state index in [9.17, 15) is 4.39 Å². The normalized spacial score (nSPS) is 11.6. The Kier molecular flexibility index (Phi) is 6.30. The number of hydrogen-bond acceptors (Lipinski definition) is 1. The molecule has 0 amide bonds. The molecular weight excluding hydrogens is 338 g/mol. The Hall–Kier alpha value is -1.72. The highest BCUT2D eigenvalue weighted by molar-refractivity contribution is 6.41. The molecule has 1 aromatic heterocycles. The van der Waals surface area contributed by atoms with Gasteiger partial charge in [0.1, 0.15) is 11.0 Å². The van der Waals surface area contributed by atoms with E-state index in [0.717, 1.165) is 5.69 Å². The first-order valence-electron chi connectivity index (χ1n) is 7.20. The van der Waals surface area contributed by atoms with E-state index in [1.54, 1.807) is 19.2 Å². The molecular formula is C16H19Cl2FN4.